The van der Waals surface area contributed by atoms with Crippen LogP contribution in [0.2, 0.25) is 0 Å². The van der Waals surface area contributed by atoms with Gasteiger partial charge in [-0.1, -0.05) is 0 Å². The van der Waals surface area contributed by atoms with Crippen LogP contribution in [0.5, 0.6) is 0 Å². The second-order valence-electron chi connectivity index (χ2n) is 4.11. The first kappa shape index (κ1) is 22.8. The van der Waals surface area contributed by atoms with Crippen LogP contribution >= 0.6 is 0 Å². The molecule has 24 heavy (non-hydrogen) atoms. The molecule has 0 rings (SSSR count). The Labute approximate surface area is 124 Å². The Morgan fingerprint density at radius 2 is 1.17 bits per heavy atom. The molecule has 0 fully saturated rings. The molecule has 0 aliphatic heterocycles. The van der Waals surface area contributed by atoms with E-state index >= 15 is 0 Å². The molecule has 1 atom stereocenters. The van der Waals surface area contributed by atoms with E-state index in [1.165, 1.54) is 0 Å². The van der Waals surface area contributed by atoms with Gasteiger partial charge in [-0.2, -0.15) is 47.9 Å². The standard InChI is InChI=1S/C8H4F12O3S/c9-2(1-24(21,22)23)5(12,13)6(14,15)3(10)4(11)7(16,17)8(18,19)20/h2H,1H2,(H,21,22,23)/b4-3+. The summed E-state index contributed by atoms with van der Waals surface area (Å²) in [6, 6.07) is 0. The lowest BCUT2D eigenvalue weighted by Gasteiger charge is -2.28. The van der Waals surface area contributed by atoms with Crippen LogP contribution in [0.1, 0.15) is 0 Å². The maximum atomic E-state index is 13.0. The number of halogens is 12. The number of rotatable bonds is 6. The van der Waals surface area contributed by atoms with E-state index in [4.69, 9.17) is 4.55 Å². The maximum absolute atomic E-state index is 13.0. The third-order valence-electron chi connectivity index (χ3n) is 2.27. The van der Waals surface area contributed by atoms with Crippen molar-refractivity contribution in [1.29, 1.82) is 0 Å². The van der Waals surface area contributed by atoms with E-state index in [1.807, 2.05) is 0 Å². The van der Waals surface area contributed by atoms with E-state index in [0.717, 1.165) is 0 Å². The smallest absolute Gasteiger partial charge is 0.285 e. The highest BCUT2D eigenvalue weighted by Crippen LogP contribution is 2.50. The van der Waals surface area contributed by atoms with Crippen LogP contribution in [0.15, 0.2) is 11.7 Å². The minimum atomic E-state index is -7.00. The normalized spacial score (nSPS) is 17.5. The quantitative estimate of drug-likeness (QED) is 0.537. The van der Waals surface area contributed by atoms with Crippen molar-refractivity contribution >= 4 is 10.1 Å². The number of alkyl halides is 10. The van der Waals surface area contributed by atoms with Crippen molar-refractivity contribution in [2.24, 2.45) is 0 Å². The summed E-state index contributed by atoms with van der Waals surface area (Å²) in [5.74, 6) is -32.6. The zero-order chi connectivity index (χ0) is 19.9. The Morgan fingerprint density at radius 1 is 0.833 bits per heavy atom. The molecule has 0 heterocycles. The molecule has 144 valence electrons. The summed E-state index contributed by atoms with van der Waals surface area (Å²) in [6.07, 6.45) is -11.7. The topological polar surface area (TPSA) is 54.4 Å². The molecule has 0 amide bonds. The molecule has 1 N–H and O–H groups in total. The summed E-state index contributed by atoms with van der Waals surface area (Å²) in [5.41, 5.74) is 0. The molecule has 0 radical (unpaired) electrons. The van der Waals surface area contributed by atoms with Gasteiger partial charge in [-0.3, -0.25) is 4.55 Å². The summed E-state index contributed by atoms with van der Waals surface area (Å²) in [4.78, 5) is 0. The second-order valence-corrected chi connectivity index (χ2v) is 5.61. The highest BCUT2D eigenvalue weighted by molar-refractivity contribution is 7.85. The van der Waals surface area contributed by atoms with Gasteiger partial charge in [0.25, 0.3) is 10.1 Å². The SMILES string of the molecule is O=S(=O)(O)CC(F)C(F)(F)C(F)(F)/C(F)=C(\F)C(F)(F)C(F)(F)F. The molecule has 0 saturated carbocycles. The fourth-order valence-corrected chi connectivity index (χ4v) is 1.61. The van der Waals surface area contributed by atoms with Crippen LogP contribution in [0, 0.1) is 0 Å². The molecule has 1 unspecified atom stereocenters. The molecule has 0 saturated heterocycles. The monoisotopic (exact) mass is 408 g/mol. The summed E-state index contributed by atoms with van der Waals surface area (Å²) in [6.45, 7) is 0. The van der Waals surface area contributed by atoms with Gasteiger partial charge in [0.05, 0.1) is 0 Å². The third-order valence-corrected chi connectivity index (χ3v) is 2.98. The van der Waals surface area contributed by atoms with Gasteiger partial charge in [-0.05, 0) is 0 Å². The molecule has 0 bridgehead atoms. The van der Waals surface area contributed by atoms with Crippen molar-refractivity contribution in [2.45, 2.75) is 30.1 Å². The van der Waals surface area contributed by atoms with Crippen molar-refractivity contribution in [2.75, 3.05) is 5.75 Å². The van der Waals surface area contributed by atoms with E-state index in [9.17, 15) is 61.1 Å². The van der Waals surface area contributed by atoms with Crippen LogP contribution < -0.4 is 0 Å². The van der Waals surface area contributed by atoms with E-state index in [1.54, 1.807) is 0 Å². The highest BCUT2D eigenvalue weighted by Gasteiger charge is 2.70. The maximum Gasteiger partial charge on any atom is 0.460 e. The third kappa shape index (κ3) is 4.25. The van der Waals surface area contributed by atoms with Crippen molar-refractivity contribution in [1.82, 2.24) is 0 Å². The fraction of sp³-hybridized carbons (Fsp3) is 0.750. The van der Waals surface area contributed by atoms with Gasteiger partial charge in [0.1, 0.15) is 5.75 Å². The van der Waals surface area contributed by atoms with Gasteiger partial charge >= 0.3 is 23.9 Å². The molecule has 0 spiro atoms. The van der Waals surface area contributed by atoms with Crippen LogP contribution in [0.4, 0.5) is 52.7 Å². The molecule has 0 aliphatic carbocycles. The molecule has 0 aromatic carbocycles. The lowest BCUT2D eigenvalue weighted by Crippen LogP contribution is -2.52. The molecular formula is C8H4F12O3S. The highest BCUT2D eigenvalue weighted by atomic mass is 32.2. The number of hydrogen-bond donors (Lipinski definition) is 1. The average Bonchev–Trinajstić information content (AvgIpc) is 2.32. The van der Waals surface area contributed by atoms with Gasteiger partial charge in [0.15, 0.2) is 6.17 Å². The second kappa shape index (κ2) is 6.27. The van der Waals surface area contributed by atoms with Crippen LogP contribution in [0.25, 0.3) is 0 Å². The van der Waals surface area contributed by atoms with E-state index < -0.39 is 57.6 Å². The zero-order valence-electron chi connectivity index (χ0n) is 10.5. The first-order valence-electron chi connectivity index (χ1n) is 5.05. The van der Waals surface area contributed by atoms with Crippen molar-refractivity contribution in [3.05, 3.63) is 11.7 Å². The molecule has 16 heteroatoms. The summed E-state index contributed by atoms with van der Waals surface area (Å²) in [5, 5.41) is 0. The lowest BCUT2D eigenvalue weighted by molar-refractivity contribution is -0.274. The predicted octanol–water partition coefficient (Wildman–Crippen LogP) is 3.83. The lowest BCUT2D eigenvalue weighted by atomic mass is 10.0. The first-order valence-corrected chi connectivity index (χ1v) is 6.66. The Hall–Kier alpha value is -1.19. The Balaban J connectivity index is 6.08. The van der Waals surface area contributed by atoms with Crippen molar-refractivity contribution < 1.29 is 65.7 Å². The largest absolute Gasteiger partial charge is 0.460 e. The summed E-state index contributed by atoms with van der Waals surface area (Å²) < 4.78 is 178. The minimum Gasteiger partial charge on any atom is -0.285 e. The zero-order valence-corrected chi connectivity index (χ0v) is 11.3. The van der Waals surface area contributed by atoms with E-state index in [2.05, 4.69) is 0 Å². The van der Waals surface area contributed by atoms with E-state index in [0.29, 0.717) is 0 Å². The Kier molecular flexibility index (Phi) is 5.96. The summed E-state index contributed by atoms with van der Waals surface area (Å²) >= 11 is 0. The fourth-order valence-electron chi connectivity index (χ4n) is 1.03. The van der Waals surface area contributed by atoms with E-state index in [-0.39, 0.29) is 0 Å². The first-order chi connectivity index (χ1) is 10.2. The number of hydrogen-bond acceptors (Lipinski definition) is 2. The molecule has 0 aromatic heterocycles. The predicted molar refractivity (Wildman–Crippen MR) is 51.4 cm³/mol. The van der Waals surface area contributed by atoms with Gasteiger partial charge in [0, 0.05) is 0 Å². The Bertz CT molecular complexity index is 604. The minimum absolute atomic E-state index is 2.81. The molecular weight excluding hydrogens is 404 g/mol. The average molecular weight is 408 g/mol. The van der Waals surface area contributed by atoms with Gasteiger partial charge in [-0.15, -0.1) is 0 Å². The molecule has 0 aromatic rings. The molecule has 0 aliphatic rings. The summed E-state index contributed by atoms with van der Waals surface area (Å²) in [7, 11) is -5.71. The number of allylic oxidation sites excluding steroid dienone is 2. The van der Waals surface area contributed by atoms with Crippen molar-refractivity contribution in [3.8, 4) is 0 Å². The van der Waals surface area contributed by atoms with Gasteiger partial charge < -0.3 is 0 Å². The van der Waals surface area contributed by atoms with Crippen molar-refractivity contribution in [3.63, 3.8) is 0 Å². The Morgan fingerprint density at radius 3 is 1.46 bits per heavy atom. The molecule has 3 nitrogen and oxygen atoms in total. The van der Waals surface area contributed by atoms with Crippen LogP contribution in [0.3, 0.4) is 0 Å². The van der Waals surface area contributed by atoms with Crippen LogP contribution in [-0.4, -0.2) is 48.8 Å². The van der Waals surface area contributed by atoms with Gasteiger partial charge in [0.2, 0.25) is 11.7 Å². The van der Waals surface area contributed by atoms with Gasteiger partial charge in [-0.25, -0.2) is 13.2 Å². The van der Waals surface area contributed by atoms with Crippen LogP contribution in [-0.2, 0) is 10.1 Å².